The Balaban J connectivity index is 1.85. The summed E-state index contributed by atoms with van der Waals surface area (Å²) in [4.78, 5) is 2.78. The van der Waals surface area contributed by atoms with Crippen molar-refractivity contribution in [2.24, 2.45) is 17.8 Å². The van der Waals surface area contributed by atoms with E-state index in [1.165, 1.54) is 38.8 Å². The van der Waals surface area contributed by atoms with Crippen molar-refractivity contribution in [2.45, 2.75) is 38.6 Å². The molecule has 2 bridgehead atoms. The lowest BCUT2D eigenvalue weighted by Crippen LogP contribution is -2.32. The van der Waals surface area contributed by atoms with Crippen LogP contribution in [0.4, 0.5) is 0 Å². The van der Waals surface area contributed by atoms with E-state index in [2.05, 4.69) is 11.8 Å². The molecule has 0 amide bonds. The summed E-state index contributed by atoms with van der Waals surface area (Å²) < 4.78 is 0. The second kappa shape index (κ2) is 2.47. The molecule has 1 heteroatoms. The molecule has 2 saturated heterocycles. The van der Waals surface area contributed by atoms with Gasteiger partial charge in [0.25, 0.3) is 0 Å². The summed E-state index contributed by atoms with van der Waals surface area (Å²) >= 11 is 0. The Morgan fingerprint density at radius 1 is 1.25 bits per heavy atom. The maximum absolute atomic E-state index is 2.78. The van der Waals surface area contributed by atoms with Crippen LogP contribution in [0.5, 0.6) is 0 Å². The molecule has 2 aliphatic heterocycles. The predicted octanol–water partition coefficient (Wildman–Crippen LogP) is 2.13. The van der Waals surface area contributed by atoms with Crippen molar-refractivity contribution in [1.29, 1.82) is 0 Å². The van der Waals surface area contributed by atoms with Crippen molar-refractivity contribution in [3.8, 4) is 0 Å². The minimum absolute atomic E-state index is 1.01. The summed E-state index contributed by atoms with van der Waals surface area (Å²) in [7, 11) is 0. The minimum atomic E-state index is 1.01. The number of nitrogens with zero attached hydrogens (tertiary/aromatic N) is 1. The Bertz CT molecular complexity index is 171. The molecule has 2 heterocycles. The molecule has 5 atom stereocenters. The molecule has 0 aromatic heterocycles. The van der Waals surface area contributed by atoms with Crippen LogP contribution in [0.3, 0.4) is 0 Å². The first-order valence-corrected chi connectivity index (χ1v) is 5.58. The highest BCUT2D eigenvalue weighted by atomic mass is 15.2. The van der Waals surface area contributed by atoms with Crippen molar-refractivity contribution >= 4 is 0 Å². The third-order valence-electron chi connectivity index (χ3n) is 4.38. The molecular formula is C11H19N. The Morgan fingerprint density at radius 3 is 3.08 bits per heavy atom. The van der Waals surface area contributed by atoms with Crippen LogP contribution in [-0.2, 0) is 0 Å². The van der Waals surface area contributed by atoms with E-state index in [0.29, 0.717) is 0 Å². The van der Waals surface area contributed by atoms with Gasteiger partial charge >= 0.3 is 0 Å². The van der Waals surface area contributed by atoms with Gasteiger partial charge in [-0.1, -0.05) is 6.92 Å². The first-order valence-electron chi connectivity index (χ1n) is 5.58. The Hall–Kier alpha value is -0.0400. The zero-order valence-corrected chi connectivity index (χ0v) is 8.00. The minimum Gasteiger partial charge on any atom is -0.300 e. The summed E-state index contributed by atoms with van der Waals surface area (Å²) in [6, 6.07) is 1.01. The van der Waals surface area contributed by atoms with E-state index >= 15 is 0 Å². The summed E-state index contributed by atoms with van der Waals surface area (Å²) in [5.41, 5.74) is 0. The topological polar surface area (TPSA) is 3.24 Å². The lowest BCUT2D eigenvalue weighted by molar-refractivity contribution is 0.210. The maximum Gasteiger partial charge on any atom is 0.0129 e. The molecule has 3 fully saturated rings. The number of hydrogen-bond donors (Lipinski definition) is 0. The summed E-state index contributed by atoms with van der Waals surface area (Å²) in [6.45, 7) is 5.29. The van der Waals surface area contributed by atoms with Gasteiger partial charge in [0, 0.05) is 12.6 Å². The second-order valence-electron chi connectivity index (χ2n) is 5.21. The van der Waals surface area contributed by atoms with Gasteiger partial charge in [0.1, 0.15) is 0 Å². The molecule has 12 heavy (non-hydrogen) atoms. The van der Waals surface area contributed by atoms with Crippen LogP contribution in [0.25, 0.3) is 0 Å². The predicted molar refractivity (Wildman–Crippen MR) is 50.0 cm³/mol. The average Bonchev–Trinajstić information content (AvgIpc) is 2.55. The lowest BCUT2D eigenvalue weighted by atomic mass is 9.88. The van der Waals surface area contributed by atoms with E-state index < -0.39 is 0 Å². The Labute approximate surface area is 75.1 Å². The first-order chi connectivity index (χ1) is 5.84. The Kier molecular flexibility index (Phi) is 1.52. The number of fused-ring (bicyclic) bond motifs is 5. The lowest BCUT2D eigenvalue weighted by Gasteiger charge is -2.26. The normalized spacial score (nSPS) is 57.2. The van der Waals surface area contributed by atoms with Crippen LogP contribution in [-0.4, -0.2) is 24.0 Å². The molecule has 68 valence electrons. The van der Waals surface area contributed by atoms with Gasteiger partial charge in [-0.05, 0) is 50.0 Å². The van der Waals surface area contributed by atoms with Crippen LogP contribution in [0, 0.1) is 17.8 Å². The largest absolute Gasteiger partial charge is 0.300 e. The molecule has 0 aromatic rings. The van der Waals surface area contributed by atoms with Crippen molar-refractivity contribution in [2.75, 3.05) is 13.1 Å². The highest BCUT2D eigenvalue weighted by molar-refractivity contribution is 5.00. The molecule has 5 unspecified atom stereocenters. The molecule has 1 saturated carbocycles. The molecule has 1 nitrogen and oxygen atoms in total. The van der Waals surface area contributed by atoms with Crippen LogP contribution in [0.2, 0.25) is 0 Å². The number of hydrogen-bond acceptors (Lipinski definition) is 1. The zero-order chi connectivity index (χ0) is 8.13. The van der Waals surface area contributed by atoms with E-state index in [1.54, 1.807) is 0 Å². The molecule has 3 aliphatic rings. The fourth-order valence-corrected chi connectivity index (χ4v) is 3.92. The fraction of sp³-hybridized carbons (Fsp3) is 1.00. The fourth-order valence-electron chi connectivity index (χ4n) is 3.92. The third-order valence-corrected chi connectivity index (χ3v) is 4.38. The molecule has 0 aromatic carbocycles. The second-order valence-corrected chi connectivity index (χ2v) is 5.21. The van der Waals surface area contributed by atoms with Crippen molar-refractivity contribution in [3.63, 3.8) is 0 Å². The monoisotopic (exact) mass is 165 g/mol. The quantitative estimate of drug-likeness (QED) is 0.531. The number of piperidine rings is 1. The van der Waals surface area contributed by atoms with Crippen LogP contribution < -0.4 is 0 Å². The highest BCUT2D eigenvalue weighted by Gasteiger charge is 2.47. The Morgan fingerprint density at radius 2 is 2.17 bits per heavy atom. The molecular weight excluding hydrogens is 146 g/mol. The van der Waals surface area contributed by atoms with Crippen LogP contribution in [0.15, 0.2) is 0 Å². The standard InChI is InChI=1S/C11H19N/c1-8-5-10-9-3-2-4-12(7-9)11(10)6-8/h8-11H,2-7H2,1H3. The van der Waals surface area contributed by atoms with Crippen LogP contribution in [0.1, 0.15) is 32.6 Å². The van der Waals surface area contributed by atoms with Crippen LogP contribution >= 0.6 is 0 Å². The highest BCUT2D eigenvalue weighted by Crippen LogP contribution is 2.47. The van der Waals surface area contributed by atoms with Gasteiger partial charge in [-0.25, -0.2) is 0 Å². The molecule has 0 spiro atoms. The van der Waals surface area contributed by atoms with Crippen molar-refractivity contribution in [3.05, 3.63) is 0 Å². The average molecular weight is 165 g/mol. The summed E-state index contributed by atoms with van der Waals surface area (Å²) in [5, 5.41) is 0. The smallest absolute Gasteiger partial charge is 0.0129 e. The van der Waals surface area contributed by atoms with E-state index in [4.69, 9.17) is 0 Å². The summed E-state index contributed by atoms with van der Waals surface area (Å²) in [6.07, 6.45) is 6.05. The SMILES string of the molecule is CC1CC2C3CCCN(C3)C2C1. The van der Waals surface area contributed by atoms with Gasteiger partial charge in [0.15, 0.2) is 0 Å². The van der Waals surface area contributed by atoms with Crippen molar-refractivity contribution < 1.29 is 0 Å². The third kappa shape index (κ3) is 0.891. The molecule has 1 aliphatic carbocycles. The van der Waals surface area contributed by atoms with E-state index in [1.807, 2.05) is 0 Å². The molecule has 0 radical (unpaired) electrons. The molecule has 0 N–H and O–H groups in total. The van der Waals surface area contributed by atoms with Crippen molar-refractivity contribution in [1.82, 2.24) is 4.90 Å². The number of rotatable bonds is 0. The van der Waals surface area contributed by atoms with Gasteiger partial charge in [-0.3, -0.25) is 4.90 Å². The zero-order valence-electron chi connectivity index (χ0n) is 8.00. The van der Waals surface area contributed by atoms with Gasteiger partial charge in [0.2, 0.25) is 0 Å². The van der Waals surface area contributed by atoms with Gasteiger partial charge in [-0.15, -0.1) is 0 Å². The van der Waals surface area contributed by atoms with E-state index in [0.717, 1.165) is 23.8 Å². The van der Waals surface area contributed by atoms with Gasteiger partial charge in [-0.2, -0.15) is 0 Å². The van der Waals surface area contributed by atoms with E-state index in [-0.39, 0.29) is 0 Å². The van der Waals surface area contributed by atoms with Gasteiger partial charge in [0.05, 0.1) is 0 Å². The van der Waals surface area contributed by atoms with E-state index in [9.17, 15) is 0 Å². The van der Waals surface area contributed by atoms with Gasteiger partial charge < -0.3 is 0 Å². The maximum atomic E-state index is 2.78. The molecule has 3 rings (SSSR count). The first kappa shape index (κ1) is 7.37. The summed E-state index contributed by atoms with van der Waals surface area (Å²) in [5.74, 6) is 3.21.